The number of nitrogens with zero attached hydrogens (tertiary/aromatic N) is 2. The second kappa shape index (κ2) is 5.08. The van der Waals surface area contributed by atoms with Crippen molar-refractivity contribution in [2.45, 2.75) is 19.9 Å². The Morgan fingerprint density at radius 2 is 1.94 bits per heavy atom. The summed E-state index contributed by atoms with van der Waals surface area (Å²) in [6, 6.07) is 7.64. The van der Waals surface area contributed by atoms with E-state index in [4.69, 9.17) is 0 Å². The van der Waals surface area contributed by atoms with Crippen LogP contribution in [0.2, 0.25) is 0 Å². The van der Waals surface area contributed by atoms with E-state index < -0.39 is 0 Å². The molecule has 0 fully saturated rings. The molecular weight excluding hydrogens is 230 g/mol. The number of carbonyl (C=O) groups is 1. The predicted molar refractivity (Wildman–Crippen MR) is 70.5 cm³/mol. The number of amides is 1. The highest BCUT2D eigenvalue weighted by Crippen LogP contribution is 2.10. The fraction of sp³-hybridized carbons (Fsp3) is 0.385. The number of rotatable bonds is 4. The van der Waals surface area contributed by atoms with Gasteiger partial charge < -0.3 is 5.32 Å². The summed E-state index contributed by atoms with van der Waals surface area (Å²) >= 11 is 0. The van der Waals surface area contributed by atoms with Crippen LogP contribution >= 0.6 is 0 Å². The van der Waals surface area contributed by atoms with E-state index in [1.54, 1.807) is 23.1 Å². The van der Waals surface area contributed by atoms with Gasteiger partial charge in [0, 0.05) is 26.6 Å². The summed E-state index contributed by atoms with van der Waals surface area (Å²) in [5.41, 5.74) is 1.75. The first kappa shape index (κ1) is 12.4. The number of benzene rings is 1. The van der Waals surface area contributed by atoms with Crippen LogP contribution in [-0.2, 0) is 18.4 Å². The number of hydrogen-bond donors (Lipinski definition) is 1. The normalized spacial score (nSPS) is 10.8. The van der Waals surface area contributed by atoms with Crippen LogP contribution in [0.15, 0.2) is 29.1 Å². The van der Waals surface area contributed by atoms with Crippen molar-refractivity contribution in [3.8, 4) is 0 Å². The van der Waals surface area contributed by atoms with Gasteiger partial charge in [-0.2, -0.15) is 0 Å². The van der Waals surface area contributed by atoms with Gasteiger partial charge in [0.2, 0.25) is 5.91 Å². The fourth-order valence-corrected chi connectivity index (χ4v) is 2.01. The number of fused-ring (bicyclic) bond motifs is 1. The van der Waals surface area contributed by atoms with E-state index in [2.05, 4.69) is 5.32 Å². The summed E-state index contributed by atoms with van der Waals surface area (Å²) in [5.74, 6) is 0.00304. The maximum Gasteiger partial charge on any atom is 0.328 e. The van der Waals surface area contributed by atoms with Crippen molar-refractivity contribution in [3.05, 3.63) is 34.7 Å². The molecule has 5 nitrogen and oxygen atoms in total. The minimum absolute atomic E-state index is 0.00304. The first-order valence-electron chi connectivity index (χ1n) is 6.06. The third-order valence-electron chi connectivity index (χ3n) is 3.03. The Morgan fingerprint density at radius 1 is 1.28 bits per heavy atom. The highest BCUT2D eigenvalue weighted by Gasteiger charge is 2.09. The second-order valence-corrected chi connectivity index (χ2v) is 4.19. The van der Waals surface area contributed by atoms with Crippen LogP contribution in [0.1, 0.15) is 13.3 Å². The number of aromatic nitrogens is 2. The molecule has 0 aliphatic carbocycles. The summed E-state index contributed by atoms with van der Waals surface area (Å²) in [4.78, 5) is 23.2. The molecule has 2 aromatic rings. The molecule has 1 aromatic heterocycles. The van der Waals surface area contributed by atoms with Gasteiger partial charge in [-0.25, -0.2) is 4.79 Å². The van der Waals surface area contributed by atoms with Gasteiger partial charge in [0.25, 0.3) is 0 Å². The summed E-state index contributed by atoms with van der Waals surface area (Å²) in [7, 11) is 1.76. The molecule has 96 valence electrons. The lowest BCUT2D eigenvalue weighted by Crippen LogP contribution is -2.30. The zero-order valence-corrected chi connectivity index (χ0v) is 10.6. The fourth-order valence-electron chi connectivity index (χ4n) is 2.01. The van der Waals surface area contributed by atoms with Gasteiger partial charge in [-0.15, -0.1) is 0 Å². The number of nitrogens with one attached hydrogen (secondary N) is 1. The summed E-state index contributed by atoms with van der Waals surface area (Å²) in [6.45, 7) is 2.77. The summed E-state index contributed by atoms with van der Waals surface area (Å²) in [5, 5.41) is 2.77. The molecule has 0 radical (unpaired) electrons. The quantitative estimate of drug-likeness (QED) is 0.871. The molecule has 1 N–H and O–H groups in total. The van der Waals surface area contributed by atoms with Crippen LogP contribution in [0.3, 0.4) is 0 Å². The molecule has 1 aromatic carbocycles. The minimum atomic E-state index is -0.0538. The zero-order valence-electron chi connectivity index (χ0n) is 10.6. The molecule has 0 saturated carbocycles. The Hall–Kier alpha value is -2.04. The van der Waals surface area contributed by atoms with E-state index in [0.717, 1.165) is 11.0 Å². The number of imidazole rings is 1. The Bertz CT molecular complexity index is 625. The smallest absolute Gasteiger partial charge is 0.328 e. The second-order valence-electron chi connectivity index (χ2n) is 4.19. The molecule has 1 amide bonds. The van der Waals surface area contributed by atoms with Gasteiger partial charge in [0.05, 0.1) is 11.0 Å². The lowest BCUT2D eigenvalue weighted by Gasteiger charge is -2.04. The van der Waals surface area contributed by atoms with Crippen molar-refractivity contribution >= 4 is 16.9 Å². The molecule has 1 heterocycles. The number of carbonyl (C=O) groups excluding carboxylic acids is 1. The van der Waals surface area contributed by atoms with Crippen LogP contribution in [0, 0.1) is 0 Å². The molecule has 5 heteroatoms. The molecule has 0 unspecified atom stereocenters. The Balaban J connectivity index is 2.25. The topological polar surface area (TPSA) is 56.0 Å². The van der Waals surface area contributed by atoms with Crippen LogP contribution in [-0.4, -0.2) is 21.6 Å². The van der Waals surface area contributed by atoms with Crippen molar-refractivity contribution in [1.82, 2.24) is 14.5 Å². The molecule has 0 spiro atoms. The Kier molecular flexibility index (Phi) is 3.50. The number of aryl methyl sites for hydroxylation is 1. The van der Waals surface area contributed by atoms with E-state index >= 15 is 0 Å². The third-order valence-corrected chi connectivity index (χ3v) is 3.03. The largest absolute Gasteiger partial charge is 0.354 e. The van der Waals surface area contributed by atoms with E-state index in [0.29, 0.717) is 19.5 Å². The Labute approximate surface area is 105 Å². The predicted octanol–water partition coefficient (Wildman–Crippen LogP) is 0.866. The first-order valence-corrected chi connectivity index (χ1v) is 6.06. The molecule has 18 heavy (non-hydrogen) atoms. The van der Waals surface area contributed by atoms with Gasteiger partial charge >= 0.3 is 5.69 Å². The molecule has 2 rings (SSSR count). The van der Waals surface area contributed by atoms with Crippen LogP contribution in [0.5, 0.6) is 0 Å². The van der Waals surface area contributed by atoms with Gasteiger partial charge in [-0.1, -0.05) is 19.1 Å². The van der Waals surface area contributed by atoms with E-state index in [9.17, 15) is 9.59 Å². The Morgan fingerprint density at radius 3 is 2.61 bits per heavy atom. The van der Waals surface area contributed by atoms with E-state index in [1.807, 2.05) is 24.3 Å². The van der Waals surface area contributed by atoms with Crippen molar-refractivity contribution in [1.29, 1.82) is 0 Å². The lowest BCUT2D eigenvalue weighted by molar-refractivity contribution is -0.120. The lowest BCUT2D eigenvalue weighted by atomic mass is 10.3. The average molecular weight is 247 g/mol. The van der Waals surface area contributed by atoms with Crippen molar-refractivity contribution in [2.75, 3.05) is 6.54 Å². The van der Waals surface area contributed by atoms with Crippen molar-refractivity contribution in [3.63, 3.8) is 0 Å². The molecule has 0 aliphatic rings. The van der Waals surface area contributed by atoms with E-state index in [-0.39, 0.29) is 11.6 Å². The van der Waals surface area contributed by atoms with Gasteiger partial charge in [0.1, 0.15) is 0 Å². The van der Waals surface area contributed by atoms with Crippen LogP contribution in [0.25, 0.3) is 11.0 Å². The maximum atomic E-state index is 12.0. The highest BCUT2D eigenvalue weighted by atomic mass is 16.2. The molecular formula is C13H17N3O2. The molecule has 0 bridgehead atoms. The number of hydrogen-bond acceptors (Lipinski definition) is 2. The third kappa shape index (κ3) is 2.16. The minimum Gasteiger partial charge on any atom is -0.354 e. The van der Waals surface area contributed by atoms with Crippen molar-refractivity contribution < 1.29 is 4.79 Å². The van der Waals surface area contributed by atoms with E-state index in [1.165, 1.54) is 0 Å². The molecule has 0 saturated heterocycles. The zero-order chi connectivity index (χ0) is 13.1. The van der Waals surface area contributed by atoms with Crippen LogP contribution < -0.4 is 11.0 Å². The first-order chi connectivity index (χ1) is 8.65. The SMILES string of the molecule is CCC(=O)NCCn1c(=O)n(C)c2ccccc21. The van der Waals surface area contributed by atoms with Gasteiger partial charge in [0.15, 0.2) is 0 Å². The van der Waals surface area contributed by atoms with Crippen LogP contribution in [0.4, 0.5) is 0 Å². The number of para-hydroxylation sites is 2. The summed E-state index contributed by atoms with van der Waals surface area (Å²) < 4.78 is 3.31. The van der Waals surface area contributed by atoms with Crippen molar-refractivity contribution in [2.24, 2.45) is 7.05 Å². The monoisotopic (exact) mass is 247 g/mol. The average Bonchev–Trinajstić information content (AvgIpc) is 2.64. The van der Waals surface area contributed by atoms with Gasteiger partial charge in [-0.05, 0) is 12.1 Å². The molecule has 0 aliphatic heterocycles. The maximum absolute atomic E-state index is 12.0. The van der Waals surface area contributed by atoms with Gasteiger partial charge in [-0.3, -0.25) is 13.9 Å². The summed E-state index contributed by atoms with van der Waals surface area (Å²) in [6.07, 6.45) is 0.463. The molecule has 0 atom stereocenters. The highest BCUT2D eigenvalue weighted by molar-refractivity contribution is 5.76. The standard InChI is InChI=1S/C13H17N3O2/c1-3-12(17)14-8-9-16-11-7-5-4-6-10(11)15(2)13(16)18/h4-7H,3,8-9H2,1-2H3,(H,14,17).